The molecule has 168 valence electrons. The number of halogens is 4. The van der Waals surface area contributed by atoms with Crippen LogP contribution in [0.2, 0.25) is 5.02 Å². The largest absolute Gasteiger partial charge is 0.462 e. The predicted molar refractivity (Wildman–Crippen MR) is 105 cm³/mol. The van der Waals surface area contributed by atoms with Gasteiger partial charge in [0, 0.05) is 0 Å². The molecule has 0 aromatic heterocycles. The van der Waals surface area contributed by atoms with Gasteiger partial charge >= 0.3 is 12.1 Å². The zero-order valence-electron chi connectivity index (χ0n) is 16.2. The monoisotopic (exact) mass is 479 g/mol. The average Bonchev–Trinajstić information content (AvgIpc) is 2.68. The Balaban J connectivity index is 2.42. The maximum absolute atomic E-state index is 13.0. The van der Waals surface area contributed by atoms with Gasteiger partial charge in [0.05, 0.1) is 32.7 Å². The van der Waals surface area contributed by atoms with E-state index in [-0.39, 0.29) is 34.6 Å². The summed E-state index contributed by atoms with van der Waals surface area (Å²) < 4.78 is 69.2. The van der Waals surface area contributed by atoms with Crippen LogP contribution in [0.4, 0.5) is 18.9 Å². The van der Waals surface area contributed by atoms with E-state index in [0.29, 0.717) is 0 Å². The maximum Gasteiger partial charge on any atom is 0.426 e. The summed E-state index contributed by atoms with van der Waals surface area (Å²) in [5.74, 6) is -2.66. The number of hydrogen-bond acceptors (Lipinski definition) is 6. The molecule has 0 aliphatic carbocycles. The number of ether oxygens (including phenoxy) is 1. The summed E-state index contributed by atoms with van der Waals surface area (Å²) >= 11 is 5.95. The lowest BCUT2D eigenvalue weighted by molar-refractivity contribution is -0.242. The highest BCUT2D eigenvalue weighted by Crippen LogP contribution is 2.34. The van der Waals surface area contributed by atoms with E-state index >= 15 is 0 Å². The Labute approximate surface area is 180 Å². The predicted octanol–water partition coefficient (Wildman–Crippen LogP) is 3.60. The molecular weight excluding hydrogens is 463 g/mol. The molecule has 2 N–H and O–H groups in total. The van der Waals surface area contributed by atoms with Crippen molar-refractivity contribution < 1.29 is 41.0 Å². The highest BCUT2D eigenvalue weighted by molar-refractivity contribution is 7.91. The van der Waals surface area contributed by atoms with Gasteiger partial charge < -0.3 is 15.2 Å². The van der Waals surface area contributed by atoms with Crippen molar-refractivity contribution in [3.05, 3.63) is 53.1 Å². The number of rotatable bonds is 6. The van der Waals surface area contributed by atoms with Crippen LogP contribution in [-0.2, 0) is 19.4 Å². The SMILES string of the molecule is CCOC(=O)c1ccccc1S(=O)(=O)c1ccc(NC(=O)[C@@](C)(O)C(F)(F)F)c(Cl)c1. The molecule has 7 nitrogen and oxygen atoms in total. The second-order valence-corrected chi connectivity index (χ2v) is 8.71. The third-order valence-electron chi connectivity index (χ3n) is 4.17. The Kier molecular flexibility index (Phi) is 7.03. The zero-order valence-corrected chi connectivity index (χ0v) is 17.7. The molecule has 2 aromatic carbocycles. The molecule has 0 heterocycles. The molecule has 0 aliphatic rings. The summed E-state index contributed by atoms with van der Waals surface area (Å²) in [4.78, 5) is 23.2. The quantitative estimate of drug-likeness (QED) is 0.613. The van der Waals surface area contributed by atoms with Gasteiger partial charge in [0.15, 0.2) is 0 Å². The van der Waals surface area contributed by atoms with Crippen LogP contribution >= 0.6 is 11.6 Å². The Morgan fingerprint density at radius 2 is 1.77 bits per heavy atom. The van der Waals surface area contributed by atoms with Gasteiger partial charge in [0.1, 0.15) is 0 Å². The van der Waals surface area contributed by atoms with Crippen molar-refractivity contribution in [3.8, 4) is 0 Å². The molecule has 12 heteroatoms. The van der Waals surface area contributed by atoms with E-state index in [0.717, 1.165) is 18.2 Å². The van der Waals surface area contributed by atoms with E-state index in [1.807, 2.05) is 5.32 Å². The van der Waals surface area contributed by atoms with Crippen LogP contribution in [0, 0.1) is 0 Å². The molecule has 1 amide bonds. The molecule has 0 unspecified atom stereocenters. The summed E-state index contributed by atoms with van der Waals surface area (Å²) in [6, 6.07) is 8.14. The third kappa shape index (κ3) is 5.00. The summed E-state index contributed by atoms with van der Waals surface area (Å²) in [6.45, 7) is 1.84. The van der Waals surface area contributed by atoms with Crippen molar-refractivity contribution in [2.45, 2.75) is 35.4 Å². The minimum Gasteiger partial charge on any atom is -0.462 e. The first-order valence-corrected chi connectivity index (χ1v) is 10.5. The number of anilines is 1. The summed E-state index contributed by atoms with van der Waals surface area (Å²) in [5, 5.41) is 10.8. The minimum absolute atomic E-state index is 0.0230. The number of esters is 1. The second kappa shape index (κ2) is 8.85. The molecule has 0 radical (unpaired) electrons. The fourth-order valence-electron chi connectivity index (χ4n) is 2.34. The Morgan fingerprint density at radius 1 is 1.16 bits per heavy atom. The Hall–Kier alpha value is -2.63. The first-order chi connectivity index (χ1) is 14.2. The smallest absolute Gasteiger partial charge is 0.426 e. The molecule has 1 atom stereocenters. The molecular formula is C19H17ClF3NO6S. The summed E-state index contributed by atoms with van der Waals surface area (Å²) in [7, 11) is -4.28. The molecule has 0 saturated heterocycles. The third-order valence-corrected chi connectivity index (χ3v) is 6.29. The lowest BCUT2D eigenvalue weighted by atomic mass is 10.1. The highest BCUT2D eigenvalue weighted by Gasteiger charge is 2.55. The van der Waals surface area contributed by atoms with Gasteiger partial charge in [0.25, 0.3) is 5.91 Å². The van der Waals surface area contributed by atoms with E-state index in [4.69, 9.17) is 16.3 Å². The van der Waals surface area contributed by atoms with Crippen molar-refractivity contribution in [1.29, 1.82) is 0 Å². The van der Waals surface area contributed by atoms with Gasteiger partial charge in [-0.05, 0) is 44.2 Å². The van der Waals surface area contributed by atoms with Crippen LogP contribution < -0.4 is 5.32 Å². The van der Waals surface area contributed by atoms with Crippen LogP contribution in [-0.4, -0.2) is 43.8 Å². The second-order valence-electron chi connectivity index (χ2n) is 6.39. The van der Waals surface area contributed by atoms with Crippen LogP contribution in [0.1, 0.15) is 24.2 Å². The molecule has 31 heavy (non-hydrogen) atoms. The van der Waals surface area contributed by atoms with Crippen LogP contribution in [0.5, 0.6) is 0 Å². The fourth-order valence-corrected chi connectivity index (χ4v) is 4.11. The number of sulfone groups is 1. The van der Waals surface area contributed by atoms with Crippen LogP contribution in [0.25, 0.3) is 0 Å². The normalized spacial score (nSPS) is 13.9. The molecule has 2 rings (SSSR count). The van der Waals surface area contributed by atoms with Crippen LogP contribution in [0.15, 0.2) is 52.3 Å². The number of hydrogen-bond donors (Lipinski definition) is 2. The number of benzene rings is 2. The van der Waals surface area contributed by atoms with Gasteiger partial charge in [-0.25, -0.2) is 13.2 Å². The first-order valence-electron chi connectivity index (χ1n) is 8.64. The van der Waals surface area contributed by atoms with E-state index in [2.05, 4.69) is 0 Å². The number of nitrogens with one attached hydrogen (secondary N) is 1. The average molecular weight is 480 g/mol. The number of aliphatic hydroxyl groups is 1. The number of carbonyl (C=O) groups excluding carboxylic acids is 2. The number of alkyl halides is 3. The standard InChI is InChI=1S/C19H17ClF3NO6S/c1-3-30-16(25)12-6-4-5-7-15(12)31(28,29)11-8-9-14(13(20)10-11)24-17(26)18(2,27)19(21,22)23/h4-10,27H,3H2,1-2H3,(H,24,26)/t18-/m1/s1. The zero-order chi connectivity index (χ0) is 23.6. The minimum atomic E-state index is -5.25. The Morgan fingerprint density at radius 3 is 2.32 bits per heavy atom. The van der Waals surface area contributed by atoms with Crippen molar-refractivity contribution in [1.82, 2.24) is 0 Å². The molecule has 0 fully saturated rings. The van der Waals surface area contributed by atoms with Gasteiger partial charge in [-0.15, -0.1) is 0 Å². The lowest BCUT2D eigenvalue weighted by Gasteiger charge is -2.25. The van der Waals surface area contributed by atoms with Crippen molar-refractivity contribution in [3.63, 3.8) is 0 Å². The molecule has 2 aromatic rings. The van der Waals surface area contributed by atoms with Crippen molar-refractivity contribution >= 4 is 39.0 Å². The van der Waals surface area contributed by atoms with Gasteiger partial charge in [0.2, 0.25) is 15.4 Å². The van der Waals surface area contributed by atoms with Crippen molar-refractivity contribution in [2.75, 3.05) is 11.9 Å². The summed E-state index contributed by atoms with van der Waals surface area (Å²) in [5.41, 5.74) is -4.26. The van der Waals surface area contributed by atoms with Crippen LogP contribution in [0.3, 0.4) is 0 Å². The van der Waals surface area contributed by atoms with E-state index in [1.54, 1.807) is 6.92 Å². The topological polar surface area (TPSA) is 110 Å². The summed E-state index contributed by atoms with van der Waals surface area (Å²) in [6.07, 6.45) is -5.25. The van der Waals surface area contributed by atoms with Gasteiger partial charge in [-0.3, -0.25) is 4.79 Å². The first kappa shape index (κ1) is 24.6. The lowest BCUT2D eigenvalue weighted by Crippen LogP contribution is -2.52. The van der Waals surface area contributed by atoms with E-state index in [1.165, 1.54) is 24.3 Å². The van der Waals surface area contributed by atoms with E-state index in [9.17, 15) is 36.3 Å². The fraction of sp³-hybridized carbons (Fsp3) is 0.263. The molecule has 0 saturated carbocycles. The highest BCUT2D eigenvalue weighted by atomic mass is 35.5. The molecule has 0 bridgehead atoms. The Bertz CT molecular complexity index is 1120. The van der Waals surface area contributed by atoms with Gasteiger partial charge in [-0.2, -0.15) is 13.2 Å². The van der Waals surface area contributed by atoms with Crippen molar-refractivity contribution in [2.24, 2.45) is 0 Å². The number of carbonyl (C=O) groups is 2. The molecule has 0 aliphatic heterocycles. The van der Waals surface area contributed by atoms with Gasteiger partial charge in [-0.1, -0.05) is 23.7 Å². The number of amides is 1. The van der Waals surface area contributed by atoms with E-state index < -0.39 is 38.5 Å². The maximum atomic E-state index is 13.0. The molecule has 0 spiro atoms.